The van der Waals surface area contributed by atoms with Crippen molar-refractivity contribution < 1.29 is 9.13 Å². The SMILES string of the molecule is Fc1ccc(-c2nccc3[nH]c(-c4[nH]nc5ncc(-c6cncc(OCc7ccccc7)c6)cc45)cc23)cc1. The third kappa shape index (κ3) is 4.38. The number of H-pyrrole nitrogens is 2. The van der Waals surface area contributed by atoms with Gasteiger partial charge in [-0.15, -0.1) is 0 Å². The average molecular weight is 513 g/mol. The summed E-state index contributed by atoms with van der Waals surface area (Å²) in [6, 6.07) is 24.3. The van der Waals surface area contributed by atoms with E-state index in [1.165, 1.54) is 12.1 Å². The van der Waals surface area contributed by atoms with Crippen LogP contribution in [0, 0.1) is 5.82 Å². The Hall–Kier alpha value is -5.37. The maximum atomic E-state index is 13.5. The minimum Gasteiger partial charge on any atom is -0.487 e. The zero-order valence-electron chi connectivity index (χ0n) is 20.6. The van der Waals surface area contributed by atoms with Crippen LogP contribution in [-0.2, 0) is 6.61 Å². The molecule has 0 aliphatic rings. The number of nitrogens with zero attached hydrogens (tertiary/aromatic N) is 4. The molecular weight excluding hydrogens is 491 g/mol. The number of hydrogen-bond acceptors (Lipinski definition) is 5. The fraction of sp³-hybridized carbons (Fsp3) is 0.0323. The summed E-state index contributed by atoms with van der Waals surface area (Å²) in [5.74, 6) is 0.400. The number of aromatic amines is 2. The molecule has 8 heteroatoms. The summed E-state index contributed by atoms with van der Waals surface area (Å²) in [5.41, 5.74) is 7.67. The molecule has 5 aromatic heterocycles. The largest absolute Gasteiger partial charge is 0.487 e. The fourth-order valence-electron chi connectivity index (χ4n) is 4.69. The van der Waals surface area contributed by atoms with E-state index in [9.17, 15) is 4.39 Å². The number of aromatic nitrogens is 6. The van der Waals surface area contributed by atoms with Crippen molar-refractivity contribution in [2.75, 3.05) is 0 Å². The lowest BCUT2D eigenvalue weighted by molar-refractivity contribution is 0.305. The lowest BCUT2D eigenvalue weighted by atomic mass is 10.1. The molecule has 2 aromatic carbocycles. The number of hydrogen-bond donors (Lipinski definition) is 2. The van der Waals surface area contributed by atoms with Crippen LogP contribution in [0.15, 0.2) is 104 Å². The Labute approximate surface area is 222 Å². The van der Waals surface area contributed by atoms with Crippen LogP contribution < -0.4 is 4.74 Å². The van der Waals surface area contributed by atoms with Gasteiger partial charge in [-0.2, -0.15) is 5.10 Å². The third-order valence-electron chi connectivity index (χ3n) is 6.64. The summed E-state index contributed by atoms with van der Waals surface area (Å²) in [7, 11) is 0. The number of pyridine rings is 3. The molecule has 5 heterocycles. The highest BCUT2D eigenvalue weighted by atomic mass is 19.1. The highest BCUT2D eigenvalue weighted by Gasteiger charge is 2.15. The van der Waals surface area contributed by atoms with Crippen LogP contribution in [0.1, 0.15) is 5.56 Å². The Morgan fingerprint density at radius 1 is 0.769 bits per heavy atom. The second kappa shape index (κ2) is 9.50. The van der Waals surface area contributed by atoms with Gasteiger partial charge in [-0.05, 0) is 54.1 Å². The van der Waals surface area contributed by atoms with Crippen LogP contribution in [0.4, 0.5) is 4.39 Å². The Morgan fingerprint density at radius 2 is 1.62 bits per heavy atom. The van der Waals surface area contributed by atoms with Crippen molar-refractivity contribution in [1.29, 1.82) is 0 Å². The molecule has 0 saturated heterocycles. The zero-order valence-corrected chi connectivity index (χ0v) is 20.6. The summed E-state index contributed by atoms with van der Waals surface area (Å²) >= 11 is 0. The van der Waals surface area contributed by atoms with Gasteiger partial charge in [0.1, 0.15) is 18.2 Å². The minimum absolute atomic E-state index is 0.281. The maximum absolute atomic E-state index is 13.5. The van der Waals surface area contributed by atoms with Gasteiger partial charge < -0.3 is 9.72 Å². The van der Waals surface area contributed by atoms with Crippen molar-refractivity contribution in [3.8, 4) is 39.5 Å². The van der Waals surface area contributed by atoms with Gasteiger partial charge in [-0.25, -0.2) is 9.37 Å². The van der Waals surface area contributed by atoms with E-state index in [1.54, 1.807) is 36.9 Å². The first-order chi connectivity index (χ1) is 19.2. The highest BCUT2D eigenvalue weighted by Crippen LogP contribution is 2.34. The third-order valence-corrected chi connectivity index (χ3v) is 6.64. The summed E-state index contributed by atoms with van der Waals surface area (Å²) < 4.78 is 19.5. The van der Waals surface area contributed by atoms with Crippen LogP contribution in [0.2, 0.25) is 0 Å². The summed E-state index contributed by atoms with van der Waals surface area (Å²) in [6.07, 6.45) is 7.03. The maximum Gasteiger partial charge on any atom is 0.181 e. The summed E-state index contributed by atoms with van der Waals surface area (Å²) in [5, 5.41) is 9.35. The second-order valence-corrected chi connectivity index (χ2v) is 9.19. The molecule has 0 amide bonds. The minimum atomic E-state index is -0.281. The van der Waals surface area contributed by atoms with Crippen molar-refractivity contribution >= 4 is 21.9 Å². The van der Waals surface area contributed by atoms with Gasteiger partial charge >= 0.3 is 0 Å². The lowest BCUT2D eigenvalue weighted by Gasteiger charge is -2.08. The van der Waals surface area contributed by atoms with Crippen molar-refractivity contribution in [3.63, 3.8) is 0 Å². The predicted molar refractivity (Wildman–Crippen MR) is 148 cm³/mol. The number of benzene rings is 2. The average Bonchev–Trinajstić information content (AvgIpc) is 3.61. The molecule has 0 spiro atoms. The smallest absolute Gasteiger partial charge is 0.181 e. The van der Waals surface area contributed by atoms with E-state index < -0.39 is 0 Å². The van der Waals surface area contributed by atoms with E-state index in [0.717, 1.165) is 55.6 Å². The van der Waals surface area contributed by atoms with Crippen molar-refractivity contribution in [1.82, 2.24) is 30.1 Å². The Morgan fingerprint density at radius 3 is 2.49 bits per heavy atom. The van der Waals surface area contributed by atoms with Gasteiger partial charge in [-0.1, -0.05) is 30.3 Å². The van der Waals surface area contributed by atoms with Crippen LogP contribution in [0.5, 0.6) is 5.75 Å². The van der Waals surface area contributed by atoms with Crippen molar-refractivity contribution in [3.05, 3.63) is 115 Å². The highest BCUT2D eigenvalue weighted by molar-refractivity contribution is 6.00. The van der Waals surface area contributed by atoms with Crippen LogP contribution in [0.25, 0.3) is 55.7 Å². The van der Waals surface area contributed by atoms with Gasteiger partial charge in [0.15, 0.2) is 5.65 Å². The van der Waals surface area contributed by atoms with E-state index in [0.29, 0.717) is 18.0 Å². The second-order valence-electron chi connectivity index (χ2n) is 9.19. The first-order valence-corrected chi connectivity index (χ1v) is 12.4. The van der Waals surface area contributed by atoms with Gasteiger partial charge in [0.2, 0.25) is 0 Å². The molecule has 7 aromatic rings. The topological polar surface area (TPSA) is 92.4 Å². The van der Waals surface area contributed by atoms with E-state index in [-0.39, 0.29) is 5.82 Å². The predicted octanol–water partition coefficient (Wildman–Crippen LogP) is 6.95. The summed E-state index contributed by atoms with van der Waals surface area (Å²) in [4.78, 5) is 17.0. The van der Waals surface area contributed by atoms with Gasteiger partial charge in [0, 0.05) is 51.6 Å². The molecule has 0 bridgehead atoms. The molecule has 0 radical (unpaired) electrons. The quantitative estimate of drug-likeness (QED) is 0.252. The monoisotopic (exact) mass is 512 g/mol. The molecule has 0 atom stereocenters. The molecule has 0 aliphatic heterocycles. The van der Waals surface area contributed by atoms with Gasteiger partial charge in [-0.3, -0.25) is 15.1 Å². The van der Waals surface area contributed by atoms with E-state index in [4.69, 9.17) is 4.74 Å². The lowest BCUT2D eigenvalue weighted by Crippen LogP contribution is -1.96. The molecular formula is C31H21FN6O. The van der Waals surface area contributed by atoms with Crippen LogP contribution in [0.3, 0.4) is 0 Å². The van der Waals surface area contributed by atoms with E-state index in [2.05, 4.69) is 30.1 Å². The molecule has 7 nitrogen and oxygen atoms in total. The van der Waals surface area contributed by atoms with E-state index in [1.807, 2.05) is 54.6 Å². The van der Waals surface area contributed by atoms with Gasteiger partial charge in [0.05, 0.1) is 23.3 Å². The first kappa shape index (κ1) is 22.8. The Bertz CT molecular complexity index is 1930. The fourth-order valence-corrected chi connectivity index (χ4v) is 4.69. The number of ether oxygens (including phenoxy) is 1. The number of fused-ring (bicyclic) bond motifs is 2. The molecule has 0 unspecified atom stereocenters. The molecule has 188 valence electrons. The zero-order chi connectivity index (χ0) is 26.2. The molecule has 0 saturated carbocycles. The normalized spacial score (nSPS) is 11.3. The number of rotatable bonds is 6. The van der Waals surface area contributed by atoms with E-state index >= 15 is 0 Å². The molecule has 7 rings (SSSR count). The van der Waals surface area contributed by atoms with Crippen molar-refractivity contribution in [2.45, 2.75) is 6.61 Å². The molecule has 2 N–H and O–H groups in total. The first-order valence-electron chi connectivity index (χ1n) is 12.4. The summed E-state index contributed by atoms with van der Waals surface area (Å²) in [6.45, 7) is 0.463. The Balaban J connectivity index is 1.24. The van der Waals surface area contributed by atoms with Gasteiger partial charge in [0.25, 0.3) is 0 Å². The molecule has 39 heavy (non-hydrogen) atoms. The number of nitrogens with one attached hydrogen (secondary N) is 2. The Kier molecular flexibility index (Phi) is 5.55. The molecule has 0 aliphatic carbocycles. The van der Waals surface area contributed by atoms with Crippen molar-refractivity contribution in [2.24, 2.45) is 0 Å². The van der Waals surface area contributed by atoms with Crippen LogP contribution >= 0.6 is 0 Å². The van der Waals surface area contributed by atoms with Crippen LogP contribution in [-0.4, -0.2) is 30.1 Å². The number of halogens is 1. The molecule has 0 fully saturated rings. The standard InChI is InChI=1S/C31H21FN6O/c32-23-8-6-20(7-9-23)29-25-14-28(36-27(25)10-11-34-29)30-26-13-22(16-35-31(26)38-37-30)21-12-24(17-33-15-21)39-18-19-4-2-1-3-5-19/h1-17,36H,18H2,(H,35,37,38).